The second kappa shape index (κ2) is 6.57. The summed E-state index contributed by atoms with van der Waals surface area (Å²) < 4.78 is 6.16. The van der Waals surface area contributed by atoms with Gasteiger partial charge in [-0.3, -0.25) is 14.0 Å². The van der Waals surface area contributed by atoms with Crippen LogP contribution in [-0.4, -0.2) is 26.9 Å². The molecule has 24 heavy (non-hydrogen) atoms. The summed E-state index contributed by atoms with van der Waals surface area (Å²) in [7, 11) is 0. The van der Waals surface area contributed by atoms with Gasteiger partial charge in [-0.15, -0.1) is 0 Å². The van der Waals surface area contributed by atoms with Gasteiger partial charge >= 0.3 is 0 Å². The van der Waals surface area contributed by atoms with E-state index in [0.29, 0.717) is 17.7 Å². The maximum Gasteiger partial charge on any atom is 0.270 e. The first-order valence-electron chi connectivity index (χ1n) is 7.67. The van der Waals surface area contributed by atoms with Crippen molar-refractivity contribution >= 4 is 11.6 Å². The van der Waals surface area contributed by atoms with Crippen molar-refractivity contribution in [2.45, 2.75) is 19.8 Å². The normalized spacial score (nSPS) is 10.9. The van der Waals surface area contributed by atoms with E-state index in [9.17, 15) is 14.7 Å². The summed E-state index contributed by atoms with van der Waals surface area (Å²) in [5, 5.41) is 13.1. The lowest BCUT2D eigenvalue weighted by Gasteiger charge is -2.09. The molecule has 0 unspecified atom stereocenters. The second-order valence-electron chi connectivity index (χ2n) is 5.37. The molecule has 0 saturated heterocycles. The number of nitrogens with zero attached hydrogens (tertiary/aromatic N) is 2. The topological polar surface area (TPSA) is 96.8 Å². The highest BCUT2D eigenvalue weighted by Crippen LogP contribution is 2.31. The fourth-order valence-electron chi connectivity index (χ4n) is 2.41. The number of rotatable bonds is 5. The van der Waals surface area contributed by atoms with Crippen molar-refractivity contribution in [3.05, 3.63) is 53.0 Å². The van der Waals surface area contributed by atoms with Crippen molar-refractivity contribution in [3.63, 3.8) is 0 Å². The van der Waals surface area contributed by atoms with Crippen LogP contribution in [0.4, 0.5) is 0 Å². The Morgan fingerprint density at radius 3 is 2.96 bits per heavy atom. The lowest BCUT2D eigenvalue weighted by molar-refractivity contribution is 0.0951. The molecule has 0 saturated carbocycles. The Bertz CT molecular complexity index is 929. The van der Waals surface area contributed by atoms with E-state index in [1.807, 2.05) is 6.92 Å². The lowest BCUT2D eigenvalue weighted by atomic mass is 10.1. The minimum Gasteiger partial charge on any atom is -0.504 e. The Kier molecular flexibility index (Phi) is 4.33. The molecule has 0 spiro atoms. The number of nitrogens with one attached hydrogen (secondary N) is 1. The molecule has 0 aliphatic carbocycles. The zero-order chi connectivity index (χ0) is 17.1. The van der Waals surface area contributed by atoms with Crippen molar-refractivity contribution in [3.8, 4) is 16.9 Å². The minimum absolute atomic E-state index is 0.0564. The third-order valence-corrected chi connectivity index (χ3v) is 3.74. The third-order valence-electron chi connectivity index (χ3n) is 3.74. The van der Waals surface area contributed by atoms with Gasteiger partial charge in [0.15, 0.2) is 11.4 Å². The van der Waals surface area contributed by atoms with Crippen LogP contribution in [0, 0.1) is 0 Å². The molecule has 0 aliphatic rings. The molecule has 124 valence electrons. The van der Waals surface area contributed by atoms with Gasteiger partial charge in [-0.2, -0.15) is 0 Å². The maximum absolute atomic E-state index is 12.5. The number of hydrogen-bond donors (Lipinski definition) is 2. The standard InChI is InChI=1S/C17H17N3O4/c1-2-3-6-18-16(22)13-9-19-15-14(21)12(11-5-8-24-10-11)4-7-20(15)17(13)23/h4-5,7-10,21H,2-3,6H2,1H3,(H,18,22). The highest BCUT2D eigenvalue weighted by Gasteiger charge is 2.16. The number of unbranched alkanes of at least 4 members (excludes halogenated alkanes) is 1. The van der Waals surface area contributed by atoms with Crippen LogP contribution in [0.5, 0.6) is 5.75 Å². The minimum atomic E-state index is -0.525. The molecule has 0 fully saturated rings. The molecule has 3 aromatic rings. The smallest absolute Gasteiger partial charge is 0.270 e. The first kappa shape index (κ1) is 15.8. The number of aromatic hydroxyl groups is 1. The van der Waals surface area contributed by atoms with Gasteiger partial charge in [0.2, 0.25) is 0 Å². The van der Waals surface area contributed by atoms with E-state index in [1.54, 1.807) is 12.1 Å². The zero-order valence-corrected chi connectivity index (χ0v) is 13.2. The van der Waals surface area contributed by atoms with Gasteiger partial charge in [-0.1, -0.05) is 13.3 Å². The van der Waals surface area contributed by atoms with Crippen LogP contribution in [0.2, 0.25) is 0 Å². The Hall–Kier alpha value is -3.09. The number of furan rings is 1. The summed E-state index contributed by atoms with van der Waals surface area (Å²) in [5.41, 5.74) is 0.673. The number of carbonyl (C=O) groups excluding carboxylic acids is 1. The summed E-state index contributed by atoms with van der Waals surface area (Å²) in [5.74, 6) is -0.609. The Morgan fingerprint density at radius 1 is 1.42 bits per heavy atom. The van der Waals surface area contributed by atoms with E-state index < -0.39 is 11.5 Å². The van der Waals surface area contributed by atoms with Gasteiger partial charge in [-0.05, 0) is 18.6 Å². The maximum atomic E-state index is 12.5. The molecule has 0 radical (unpaired) electrons. The van der Waals surface area contributed by atoms with Crippen molar-refractivity contribution in [1.29, 1.82) is 0 Å². The van der Waals surface area contributed by atoms with Gasteiger partial charge in [0.05, 0.1) is 12.5 Å². The van der Waals surface area contributed by atoms with Crippen molar-refractivity contribution < 1.29 is 14.3 Å². The highest BCUT2D eigenvalue weighted by molar-refractivity contribution is 5.93. The first-order chi connectivity index (χ1) is 11.6. The number of carbonyl (C=O) groups is 1. The molecule has 3 aromatic heterocycles. The number of pyridine rings is 1. The van der Waals surface area contributed by atoms with E-state index in [0.717, 1.165) is 17.2 Å². The van der Waals surface area contributed by atoms with Gasteiger partial charge in [-0.25, -0.2) is 4.98 Å². The van der Waals surface area contributed by atoms with Gasteiger partial charge in [0.1, 0.15) is 5.56 Å². The summed E-state index contributed by atoms with van der Waals surface area (Å²) in [6.07, 6.45) is 7.43. The molecule has 0 aromatic carbocycles. The molecule has 2 N–H and O–H groups in total. The molecule has 7 heteroatoms. The molecule has 3 heterocycles. The molecular formula is C17H17N3O4. The molecule has 0 bridgehead atoms. The van der Waals surface area contributed by atoms with Gasteiger partial charge in [0.25, 0.3) is 11.5 Å². The molecule has 0 aliphatic heterocycles. The van der Waals surface area contributed by atoms with Crippen molar-refractivity contribution in [2.24, 2.45) is 0 Å². The molecular weight excluding hydrogens is 310 g/mol. The summed E-state index contributed by atoms with van der Waals surface area (Å²) in [4.78, 5) is 28.7. The Morgan fingerprint density at radius 2 is 2.25 bits per heavy atom. The van der Waals surface area contributed by atoms with Crippen molar-refractivity contribution in [2.75, 3.05) is 6.54 Å². The van der Waals surface area contributed by atoms with E-state index in [-0.39, 0.29) is 17.0 Å². The van der Waals surface area contributed by atoms with Crippen molar-refractivity contribution in [1.82, 2.24) is 14.7 Å². The number of amides is 1. The fourth-order valence-corrected chi connectivity index (χ4v) is 2.41. The molecule has 7 nitrogen and oxygen atoms in total. The largest absolute Gasteiger partial charge is 0.504 e. The van der Waals surface area contributed by atoms with Gasteiger partial charge in [0, 0.05) is 30.1 Å². The van der Waals surface area contributed by atoms with Crippen LogP contribution in [0.3, 0.4) is 0 Å². The Balaban J connectivity index is 2.03. The first-order valence-corrected chi connectivity index (χ1v) is 7.67. The monoisotopic (exact) mass is 327 g/mol. The molecule has 1 amide bonds. The van der Waals surface area contributed by atoms with Crippen LogP contribution in [0.25, 0.3) is 16.8 Å². The van der Waals surface area contributed by atoms with Crippen LogP contribution in [0.15, 0.2) is 46.3 Å². The predicted molar refractivity (Wildman–Crippen MR) is 88.1 cm³/mol. The average molecular weight is 327 g/mol. The SMILES string of the molecule is CCCCNC(=O)c1cnc2c(O)c(-c3ccoc3)ccn2c1=O. The quantitative estimate of drug-likeness (QED) is 0.700. The van der Waals surface area contributed by atoms with Crippen LogP contribution < -0.4 is 10.9 Å². The predicted octanol–water partition coefficient (Wildman–Crippen LogP) is 2.19. The summed E-state index contributed by atoms with van der Waals surface area (Å²) >= 11 is 0. The average Bonchev–Trinajstić information content (AvgIpc) is 3.10. The number of fused-ring (bicyclic) bond motifs is 1. The Labute approximate surface area is 137 Å². The van der Waals surface area contributed by atoms with E-state index in [4.69, 9.17) is 4.42 Å². The third kappa shape index (κ3) is 2.76. The number of aromatic nitrogens is 2. The molecule has 0 atom stereocenters. The number of hydrogen-bond acceptors (Lipinski definition) is 5. The van der Waals surface area contributed by atoms with Crippen LogP contribution in [-0.2, 0) is 0 Å². The zero-order valence-electron chi connectivity index (χ0n) is 13.2. The fraction of sp³-hybridized carbons (Fsp3) is 0.235. The summed E-state index contributed by atoms with van der Waals surface area (Å²) in [6.45, 7) is 2.52. The van der Waals surface area contributed by atoms with Gasteiger partial charge < -0.3 is 14.8 Å². The van der Waals surface area contributed by atoms with Crippen LogP contribution in [0.1, 0.15) is 30.1 Å². The van der Waals surface area contributed by atoms with Crippen LogP contribution >= 0.6 is 0 Å². The highest BCUT2D eigenvalue weighted by atomic mass is 16.3. The lowest BCUT2D eigenvalue weighted by Crippen LogP contribution is -2.32. The summed E-state index contributed by atoms with van der Waals surface area (Å²) in [6, 6.07) is 3.27. The van der Waals surface area contributed by atoms with E-state index >= 15 is 0 Å². The second-order valence-corrected chi connectivity index (χ2v) is 5.37. The molecule has 3 rings (SSSR count). The van der Waals surface area contributed by atoms with E-state index in [2.05, 4.69) is 10.3 Å². The van der Waals surface area contributed by atoms with E-state index in [1.165, 1.54) is 24.9 Å².